The lowest BCUT2D eigenvalue weighted by Gasteiger charge is -2.14. The lowest BCUT2D eigenvalue weighted by Crippen LogP contribution is -2.43. The highest BCUT2D eigenvalue weighted by molar-refractivity contribution is 6.64. The fourth-order valence-electron chi connectivity index (χ4n) is 0.937. The fraction of sp³-hybridized carbons (Fsp3) is 1.00. The number of hydrogen-bond donors (Lipinski definition) is 3. The van der Waals surface area contributed by atoms with Crippen molar-refractivity contribution in [2.75, 3.05) is 6.17 Å². The molecule has 0 aliphatic rings. The van der Waals surface area contributed by atoms with Crippen LogP contribution in [-0.2, 0) is 0 Å². The maximum Gasteiger partial charge on any atom is 0.346 e. The van der Waals surface area contributed by atoms with Gasteiger partial charge in [-0.3, -0.25) is 0 Å². The monoisotopic (exact) mass is 177 g/mol. The van der Waals surface area contributed by atoms with Crippen LogP contribution in [0.2, 0.25) is 6.04 Å². The first-order chi connectivity index (χ1) is 5.12. The van der Waals surface area contributed by atoms with E-state index in [0.29, 0.717) is 6.04 Å². The van der Waals surface area contributed by atoms with Crippen LogP contribution in [0.1, 0.15) is 32.6 Å². The Kier molecular flexibility index (Phi) is 5.76. The summed E-state index contributed by atoms with van der Waals surface area (Å²) in [5.74, 6) is 0. The van der Waals surface area contributed by atoms with Crippen LogP contribution in [0.3, 0.4) is 0 Å². The van der Waals surface area contributed by atoms with Crippen molar-refractivity contribution >= 4 is 8.56 Å². The molecule has 0 fully saturated rings. The number of hydrogen-bond acceptors (Lipinski definition) is 3. The molecule has 0 saturated heterocycles. The third-order valence-corrected chi connectivity index (χ3v) is 3.57. The molecule has 11 heavy (non-hydrogen) atoms. The average Bonchev–Trinajstić information content (AvgIpc) is 1.99. The molecule has 0 unspecified atom stereocenters. The van der Waals surface area contributed by atoms with Gasteiger partial charge in [-0.2, -0.15) is 0 Å². The Morgan fingerprint density at radius 1 is 1.18 bits per heavy atom. The van der Waals surface area contributed by atoms with Gasteiger partial charge in [0.15, 0.2) is 0 Å². The Balaban J connectivity index is 3.23. The largest absolute Gasteiger partial charge is 0.410 e. The zero-order valence-electron chi connectivity index (χ0n) is 7.21. The molecule has 0 aromatic carbocycles. The van der Waals surface area contributed by atoms with Gasteiger partial charge in [-0.1, -0.05) is 32.6 Å². The van der Waals surface area contributed by atoms with Gasteiger partial charge < -0.3 is 15.3 Å². The summed E-state index contributed by atoms with van der Waals surface area (Å²) in [6.45, 7) is 2.13. The molecule has 3 nitrogen and oxygen atoms in total. The van der Waals surface area contributed by atoms with Gasteiger partial charge in [-0.15, -0.1) is 0 Å². The molecule has 0 rings (SSSR count). The van der Waals surface area contributed by atoms with E-state index in [4.69, 9.17) is 5.73 Å². The zero-order valence-corrected chi connectivity index (χ0v) is 8.21. The maximum atomic E-state index is 9.19. The highest BCUT2D eigenvalue weighted by Gasteiger charge is 2.25. The molecule has 0 saturated carbocycles. The van der Waals surface area contributed by atoms with Gasteiger partial charge >= 0.3 is 8.56 Å². The van der Waals surface area contributed by atoms with Crippen molar-refractivity contribution in [1.82, 2.24) is 0 Å². The van der Waals surface area contributed by atoms with E-state index in [1.54, 1.807) is 0 Å². The Hall–Kier alpha value is 0.0969. The molecule has 0 spiro atoms. The van der Waals surface area contributed by atoms with Crippen molar-refractivity contribution in [1.29, 1.82) is 0 Å². The molecule has 0 aliphatic carbocycles. The number of unbranched alkanes of at least 4 members (excludes halogenated alkanes) is 3. The fourth-order valence-corrected chi connectivity index (χ4v) is 1.96. The third kappa shape index (κ3) is 6.49. The summed E-state index contributed by atoms with van der Waals surface area (Å²) in [4.78, 5) is 18.4. The number of rotatable bonds is 6. The predicted molar refractivity (Wildman–Crippen MR) is 48.2 cm³/mol. The van der Waals surface area contributed by atoms with Gasteiger partial charge in [0, 0.05) is 6.17 Å². The molecule has 0 atom stereocenters. The molecule has 0 aromatic heterocycles. The van der Waals surface area contributed by atoms with Crippen LogP contribution in [0.25, 0.3) is 0 Å². The molecule has 0 aliphatic heterocycles. The van der Waals surface area contributed by atoms with E-state index in [1.165, 1.54) is 12.8 Å². The van der Waals surface area contributed by atoms with E-state index < -0.39 is 8.56 Å². The molecule has 4 N–H and O–H groups in total. The van der Waals surface area contributed by atoms with E-state index in [-0.39, 0.29) is 6.17 Å². The molecular weight excluding hydrogens is 158 g/mol. The van der Waals surface area contributed by atoms with E-state index in [9.17, 15) is 9.59 Å². The summed E-state index contributed by atoms with van der Waals surface area (Å²) in [6, 6.07) is 0.531. The van der Waals surface area contributed by atoms with E-state index >= 15 is 0 Å². The van der Waals surface area contributed by atoms with Crippen molar-refractivity contribution in [2.24, 2.45) is 5.73 Å². The maximum absolute atomic E-state index is 9.19. The highest BCUT2D eigenvalue weighted by atomic mass is 28.4. The SMILES string of the molecule is CCCCCC[Si](O)(O)CN. The van der Waals surface area contributed by atoms with Crippen LogP contribution in [-0.4, -0.2) is 24.3 Å². The Morgan fingerprint density at radius 3 is 2.27 bits per heavy atom. The number of nitrogens with two attached hydrogens (primary N) is 1. The molecule has 0 amide bonds. The average molecular weight is 177 g/mol. The smallest absolute Gasteiger partial charge is 0.346 e. The van der Waals surface area contributed by atoms with Crippen molar-refractivity contribution in [2.45, 2.75) is 38.7 Å². The molecular formula is C7H19NO2Si. The highest BCUT2D eigenvalue weighted by Crippen LogP contribution is 2.08. The minimum Gasteiger partial charge on any atom is -0.410 e. The van der Waals surface area contributed by atoms with Gasteiger partial charge in [0.25, 0.3) is 0 Å². The molecule has 0 heterocycles. The Morgan fingerprint density at radius 2 is 1.82 bits per heavy atom. The molecule has 68 valence electrons. The zero-order chi connectivity index (χ0) is 8.74. The molecule has 0 aromatic rings. The van der Waals surface area contributed by atoms with E-state index in [2.05, 4.69) is 6.92 Å². The van der Waals surface area contributed by atoms with Gasteiger partial charge in [0.05, 0.1) is 0 Å². The quantitative estimate of drug-likeness (QED) is 0.409. The van der Waals surface area contributed by atoms with Crippen molar-refractivity contribution < 1.29 is 9.59 Å². The minimum atomic E-state index is -2.95. The van der Waals surface area contributed by atoms with Crippen molar-refractivity contribution in [3.05, 3.63) is 0 Å². The molecule has 0 bridgehead atoms. The Bertz CT molecular complexity index is 98.4. The topological polar surface area (TPSA) is 66.5 Å². The Labute approximate surface area is 69.5 Å². The van der Waals surface area contributed by atoms with Crippen LogP contribution in [0.15, 0.2) is 0 Å². The minimum absolute atomic E-state index is 0.0686. The van der Waals surface area contributed by atoms with Gasteiger partial charge in [0.1, 0.15) is 0 Å². The second-order valence-corrected chi connectivity index (χ2v) is 5.87. The summed E-state index contributed by atoms with van der Waals surface area (Å²) in [6.07, 6.45) is 4.42. The van der Waals surface area contributed by atoms with E-state index in [0.717, 1.165) is 12.8 Å². The van der Waals surface area contributed by atoms with Gasteiger partial charge in [-0.25, -0.2) is 0 Å². The lowest BCUT2D eigenvalue weighted by molar-refractivity contribution is 0.356. The van der Waals surface area contributed by atoms with Crippen LogP contribution < -0.4 is 5.73 Å². The second kappa shape index (κ2) is 5.71. The van der Waals surface area contributed by atoms with Crippen molar-refractivity contribution in [3.63, 3.8) is 0 Å². The van der Waals surface area contributed by atoms with Crippen molar-refractivity contribution in [3.8, 4) is 0 Å². The van der Waals surface area contributed by atoms with Crippen LogP contribution in [0.5, 0.6) is 0 Å². The van der Waals surface area contributed by atoms with Crippen LogP contribution in [0.4, 0.5) is 0 Å². The standard InChI is InChI=1S/C7H19NO2Si/c1-2-3-4-5-6-11(9,10)7-8/h9-10H,2-8H2,1H3. The first kappa shape index (κ1) is 11.1. The normalized spacial score (nSPS) is 12.0. The summed E-state index contributed by atoms with van der Waals surface area (Å²) in [5.41, 5.74) is 5.18. The summed E-state index contributed by atoms with van der Waals surface area (Å²) in [7, 11) is -2.95. The first-order valence-corrected chi connectivity index (χ1v) is 6.58. The lowest BCUT2D eigenvalue weighted by atomic mass is 10.2. The first-order valence-electron chi connectivity index (χ1n) is 4.27. The molecule has 4 heteroatoms. The van der Waals surface area contributed by atoms with Gasteiger partial charge in [-0.05, 0) is 6.04 Å². The summed E-state index contributed by atoms with van der Waals surface area (Å²) in [5, 5.41) is 0. The van der Waals surface area contributed by atoms with Gasteiger partial charge in [0.2, 0.25) is 0 Å². The third-order valence-electron chi connectivity index (χ3n) is 1.76. The summed E-state index contributed by atoms with van der Waals surface area (Å²) < 4.78 is 0. The van der Waals surface area contributed by atoms with E-state index in [1.807, 2.05) is 0 Å². The molecule has 0 radical (unpaired) electrons. The second-order valence-electron chi connectivity index (χ2n) is 3.00. The predicted octanol–water partition coefficient (Wildman–Crippen LogP) is 0.491. The van der Waals surface area contributed by atoms with Crippen LogP contribution >= 0.6 is 0 Å². The summed E-state index contributed by atoms with van der Waals surface area (Å²) >= 11 is 0. The van der Waals surface area contributed by atoms with Crippen LogP contribution in [0, 0.1) is 0 Å².